The number of fused-ring (bicyclic) bond motifs is 1. The van der Waals surface area contributed by atoms with Crippen molar-refractivity contribution in [3.05, 3.63) is 23.3 Å². The average molecular weight is 291 g/mol. The maximum Gasteiger partial charge on any atom is 0.124 e. The van der Waals surface area contributed by atoms with Gasteiger partial charge in [-0.05, 0) is 38.8 Å². The van der Waals surface area contributed by atoms with E-state index in [-0.39, 0.29) is 6.10 Å². The highest BCUT2D eigenvalue weighted by Crippen LogP contribution is 2.35. The van der Waals surface area contributed by atoms with Crippen LogP contribution in [0.2, 0.25) is 0 Å². The Bertz CT molecular complexity index is 483. The summed E-state index contributed by atoms with van der Waals surface area (Å²) in [5.41, 5.74) is 2.46. The third kappa shape index (κ3) is 3.50. The topological polar surface area (TPSA) is 39.7 Å². The molecule has 2 aliphatic rings. The molecular weight excluding hydrogens is 266 g/mol. The molecule has 2 heterocycles. The molecule has 4 heteroatoms. The molecule has 1 atom stereocenters. The lowest BCUT2D eigenvalue weighted by molar-refractivity contribution is 0.0775. The van der Waals surface area contributed by atoms with Crippen molar-refractivity contribution in [1.29, 1.82) is 0 Å². The summed E-state index contributed by atoms with van der Waals surface area (Å²) in [5, 5.41) is 3.62. The van der Waals surface area contributed by atoms with Crippen molar-refractivity contribution >= 4 is 0 Å². The minimum Gasteiger partial charge on any atom is -0.494 e. The minimum atomic E-state index is 0.271. The highest BCUT2D eigenvalue weighted by molar-refractivity contribution is 5.48. The summed E-state index contributed by atoms with van der Waals surface area (Å²) >= 11 is 0. The van der Waals surface area contributed by atoms with Gasteiger partial charge in [-0.2, -0.15) is 0 Å². The van der Waals surface area contributed by atoms with E-state index < -0.39 is 0 Å². The monoisotopic (exact) mass is 291 g/mol. The zero-order chi connectivity index (χ0) is 14.7. The van der Waals surface area contributed by atoms with Gasteiger partial charge in [-0.25, -0.2) is 0 Å². The van der Waals surface area contributed by atoms with Crippen molar-refractivity contribution in [3.8, 4) is 11.5 Å². The van der Waals surface area contributed by atoms with Crippen molar-refractivity contribution in [2.45, 2.75) is 51.8 Å². The molecule has 1 aromatic rings. The molecule has 0 saturated carbocycles. The maximum atomic E-state index is 5.87. The average Bonchev–Trinajstić information content (AvgIpc) is 2.85. The number of rotatable bonds is 5. The van der Waals surface area contributed by atoms with E-state index in [1.54, 1.807) is 0 Å². The minimum absolute atomic E-state index is 0.271. The molecule has 3 rings (SSSR count). The maximum absolute atomic E-state index is 5.87. The van der Waals surface area contributed by atoms with Gasteiger partial charge in [0.05, 0.1) is 6.61 Å². The fourth-order valence-electron chi connectivity index (χ4n) is 3.07. The molecule has 0 radical (unpaired) electrons. The Balaban J connectivity index is 1.71. The van der Waals surface area contributed by atoms with Crippen LogP contribution in [0.5, 0.6) is 11.5 Å². The molecule has 0 spiro atoms. The van der Waals surface area contributed by atoms with E-state index in [0.29, 0.717) is 12.6 Å². The van der Waals surface area contributed by atoms with Crippen molar-refractivity contribution in [1.82, 2.24) is 5.32 Å². The van der Waals surface area contributed by atoms with Crippen LogP contribution in [-0.4, -0.2) is 32.0 Å². The predicted octanol–water partition coefficient (Wildman–Crippen LogP) is 2.68. The summed E-state index contributed by atoms with van der Waals surface area (Å²) < 4.78 is 17.1. The smallest absolute Gasteiger partial charge is 0.124 e. The normalized spacial score (nSPS) is 21.9. The van der Waals surface area contributed by atoms with Gasteiger partial charge in [0.1, 0.15) is 17.6 Å². The largest absolute Gasteiger partial charge is 0.494 e. The Morgan fingerprint density at radius 2 is 2.10 bits per heavy atom. The molecule has 0 aromatic heterocycles. The van der Waals surface area contributed by atoms with Gasteiger partial charge < -0.3 is 19.5 Å². The molecule has 1 saturated heterocycles. The summed E-state index contributed by atoms with van der Waals surface area (Å²) in [7, 11) is 0. The fourth-order valence-corrected chi connectivity index (χ4v) is 3.07. The number of hydrogen-bond acceptors (Lipinski definition) is 4. The van der Waals surface area contributed by atoms with Crippen LogP contribution in [0.3, 0.4) is 0 Å². The van der Waals surface area contributed by atoms with E-state index >= 15 is 0 Å². The molecule has 21 heavy (non-hydrogen) atoms. The molecule has 1 aromatic carbocycles. The van der Waals surface area contributed by atoms with Crippen LogP contribution in [0.1, 0.15) is 37.8 Å². The molecule has 2 aliphatic heterocycles. The van der Waals surface area contributed by atoms with E-state index in [9.17, 15) is 0 Å². The first kappa shape index (κ1) is 14.7. The van der Waals surface area contributed by atoms with Gasteiger partial charge in [-0.1, -0.05) is 0 Å². The molecule has 0 amide bonds. The molecule has 116 valence electrons. The first-order chi connectivity index (χ1) is 10.3. The molecule has 0 bridgehead atoms. The molecule has 4 nitrogen and oxygen atoms in total. The van der Waals surface area contributed by atoms with Crippen LogP contribution in [0.25, 0.3) is 0 Å². The predicted molar refractivity (Wildman–Crippen MR) is 82.1 cm³/mol. The lowest BCUT2D eigenvalue weighted by Gasteiger charge is -2.24. The molecule has 1 fully saturated rings. The van der Waals surface area contributed by atoms with E-state index in [0.717, 1.165) is 50.5 Å². The van der Waals surface area contributed by atoms with Crippen molar-refractivity contribution < 1.29 is 14.2 Å². The van der Waals surface area contributed by atoms with Gasteiger partial charge in [0.15, 0.2) is 0 Å². The number of benzene rings is 1. The van der Waals surface area contributed by atoms with Crippen molar-refractivity contribution in [2.75, 3.05) is 19.8 Å². The number of hydrogen-bond donors (Lipinski definition) is 1. The number of nitrogens with one attached hydrogen (secondary N) is 1. The summed E-state index contributed by atoms with van der Waals surface area (Å²) in [6.45, 7) is 7.38. The van der Waals surface area contributed by atoms with Gasteiger partial charge in [-0.3, -0.25) is 0 Å². The van der Waals surface area contributed by atoms with E-state index in [4.69, 9.17) is 14.2 Å². The molecular formula is C17H25NO3. The highest BCUT2D eigenvalue weighted by Gasteiger charge is 2.22. The summed E-state index contributed by atoms with van der Waals surface area (Å²) in [6.07, 6.45) is 3.42. The van der Waals surface area contributed by atoms with Crippen LogP contribution < -0.4 is 14.8 Å². The highest BCUT2D eigenvalue weighted by atomic mass is 16.5. The Kier molecular flexibility index (Phi) is 4.66. The Morgan fingerprint density at radius 3 is 2.86 bits per heavy atom. The van der Waals surface area contributed by atoms with E-state index in [1.807, 2.05) is 6.92 Å². The zero-order valence-electron chi connectivity index (χ0n) is 13.0. The van der Waals surface area contributed by atoms with Crippen LogP contribution in [0, 0.1) is 0 Å². The first-order valence-corrected chi connectivity index (χ1v) is 8.02. The summed E-state index contributed by atoms with van der Waals surface area (Å²) in [6, 6.07) is 4.85. The van der Waals surface area contributed by atoms with Crippen LogP contribution in [0.15, 0.2) is 12.1 Å². The van der Waals surface area contributed by atoms with Gasteiger partial charge in [0.25, 0.3) is 0 Å². The van der Waals surface area contributed by atoms with Gasteiger partial charge in [0, 0.05) is 43.3 Å². The van der Waals surface area contributed by atoms with Gasteiger partial charge in [-0.15, -0.1) is 0 Å². The molecule has 1 unspecified atom stereocenters. The van der Waals surface area contributed by atoms with Gasteiger partial charge >= 0.3 is 0 Å². The van der Waals surface area contributed by atoms with Crippen LogP contribution in [0.4, 0.5) is 0 Å². The van der Waals surface area contributed by atoms with Gasteiger partial charge in [0.2, 0.25) is 0 Å². The van der Waals surface area contributed by atoms with Crippen LogP contribution in [-0.2, 0) is 17.7 Å². The number of ether oxygens (including phenoxy) is 3. The van der Waals surface area contributed by atoms with E-state index in [1.165, 1.54) is 11.1 Å². The second-order valence-electron chi connectivity index (χ2n) is 5.90. The lowest BCUT2D eigenvalue weighted by Crippen LogP contribution is -2.34. The summed E-state index contributed by atoms with van der Waals surface area (Å²) in [4.78, 5) is 0. The Labute approximate surface area is 126 Å². The van der Waals surface area contributed by atoms with Crippen LogP contribution >= 0.6 is 0 Å². The second kappa shape index (κ2) is 6.67. The summed E-state index contributed by atoms with van der Waals surface area (Å²) in [5.74, 6) is 2.02. The SMILES string of the molecule is CCOc1cc2c(cc1CNC1CCOCC1)OC(C)C2. The molecule has 0 aliphatic carbocycles. The van der Waals surface area contributed by atoms with E-state index in [2.05, 4.69) is 24.4 Å². The fraction of sp³-hybridized carbons (Fsp3) is 0.647. The molecule has 1 N–H and O–H groups in total. The van der Waals surface area contributed by atoms with Crippen molar-refractivity contribution in [2.24, 2.45) is 0 Å². The Hall–Kier alpha value is -1.26. The second-order valence-corrected chi connectivity index (χ2v) is 5.90. The standard InChI is InChI=1S/C17H25NO3/c1-3-20-16-9-13-8-12(2)21-17(13)10-14(16)11-18-15-4-6-19-7-5-15/h9-10,12,15,18H,3-8,11H2,1-2H3. The quantitative estimate of drug-likeness (QED) is 0.905. The third-order valence-electron chi connectivity index (χ3n) is 4.18. The third-order valence-corrected chi connectivity index (χ3v) is 4.18. The first-order valence-electron chi connectivity index (χ1n) is 8.02. The van der Waals surface area contributed by atoms with Crippen molar-refractivity contribution in [3.63, 3.8) is 0 Å². The lowest BCUT2D eigenvalue weighted by atomic mass is 10.0. The Morgan fingerprint density at radius 1 is 1.29 bits per heavy atom. The zero-order valence-corrected chi connectivity index (χ0v) is 13.0.